The Morgan fingerprint density at radius 1 is 1.11 bits per heavy atom. The number of aromatic nitrogens is 3. The van der Waals surface area contributed by atoms with Gasteiger partial charge in [0.2, 0.25) is 5.91 Å². The van der Waals surface area contributed by atoms with Gasteiger partial charge in [0.15, 0.2) is 0 Å². The molecule has 0 saturated carbocycles. The molecule has 1 aliphatic heterocycles. The van der Waals surface area contributed by atoms with Crippen molar-refractivity contribution in [1.29, 1.82) is 0 Å². The smallest absolute Gasteiger partial charge is 0.258 e. The van der Waals surface area contributed by atoms with Crippen molar-refractivity contribution < 1.29 is 4.79 Å². The summed E-state index contributed by atoms with van der Waals surface area (Å²) in [7, 11) is 0. The van der Waals surface area contributed by atoms with Gasteiger partial charge in [-0.15, -0.1) is 0 Å². The molecule has 0 atom stereocenters. The van der Waals surface area contributed by atoms with Gasteiger partial charge in [0, 0.05) is 63.5 Å². The second-order valence-corrected chi connectivity index (χ2v) is 6.74. The Kier molecular flexibility index (Phi) is 5.25. The van der Waals surface area contributed by atoms with E-state index in [0.717, 1.165) is 24.3 Å². The summed E-state index contributed by atoms with van der Waals surface area (Å²) in [6.07, 6.45) is 8.53. The van der Waals surface area contributed by atoms with Crippen LogP contribution < -0.4 is 5.56 Å². The van der Waals surface area contributed by atoms with Gasteiger partial charge in [0.1, 0.15) is 5.65 Å². The van der Waals surface area contributed by atoms with E-state index in [4.69, 9.17) is 0 Å². The molecule has 3 aromatic rings. The van der Waals surface area contributed by atoms with Gasteiger partial charge in [-0.3, -0.25) is 23.9 Å². The number of hydrogen-bond donors (Lipinski definition) is 0. The molecular formula is C21H21N5O2. The molecular weight excluding hydrogens is 354 g/mol. The first-order valence-corrected chi connectivity index (χ1v) is 9.26. The van der Waals surface area contributed by atoms with Crippen molar-refractivity contribution in [2.75, 3.05) is 26.2 Å². The number of pyridine rings is 2. The molecule has 1 aliphatic rings. The van der Waals surface area contributed by atoms with Crippen molar-refractivity contribution in [3.05, 3.63) is 82.7 Å². The lowest BCUT2D eigenvalue weighted by atomic mass is 10.2. The Labute approximate surface area is 162 Å². The van der Waals surface area contributed by atoms with E-state index in [1.165, 1.54) is 4.40 Å². The Bertz CT molecular complexity index is 1050. The molecule has 0 N–H and O–H groups in total. The molecule has 0 bridgehead atoms. The minimum absolute atomic E-state index is 0.00516. The molecule has 142 valence electrons. The van der Waals surface area contributed by atoms with E-state index in [9.17, 15) is 9.59 Å². The van der Waals surface area contributed by atoms with Crippen molar-refractivity contribution >= 4 is 17.6 Å². The Morgan fingerprint density at radius 2 is 1.96 bits per heavy atom. The predicted molar refractivity (Wildman–Crippen MR) is 107 cm³/mol. The topological polar surface area (TPSA) is 70.8 Å². The van der Waals surface area contributed by atoms with Crippen LogP contribution in [0.25, 0.3) is 11.7 Å². The van der Waals surface area contributed by atoms with Gasteiger partial charge in [-0.1, -0.05) is 12.1 Å². The number of carbonyl (C=O) groups is 1. The summed E-state index contributed by atoms with van der Waals surface area (Å²) in [6, 6.07) is 10.9. The Morgan fingerprint density at radius 3 is 2.75 bits per heavy atom. The van der Waals surface area contributed by atoms with Gasteiger partial charge in [-0.2, -0.15) is 0 Å². The van der Waals surface area contributed by atoms with E-state index in [1.54, 1.807) is 36.8 Å². The first kappa shape index (κ1) is 18.1. The minimum atomic E-state index is -0.0741. The molecule has 4 heterocycles. The van der Waals surface area contributed by atoms with E-state index < -0.39 is 0 Å². The van der Waals surface area contributed by atoms with Crippen molar-refractivity contribution in [3.63, 3.8) is 0 Å². The van der Waals surface area contributed by atoms with Crippen LogP contribution in [0.1, 0.15) is 11.3 Å². The van der Waals surface area contributed by atoms with Gasteiger partial charge >= 0.3 is 0 Å². The molecule has 28 heavy (non-hydrogen) atoms. The first-order valence-electron chi connectivity index (χ1n) is 9.26. The second-order valence-electron chi connectivity index (χ2n) is 6.74. The average Bonchev–Trinajstić information content (AvgIpc) is 2.73. The van der Waals surface area contributed by atoms with Gasteiger partial charge in [0.25, 0.3) is 5.56 Å². The molecule has 1 amide bonds. The van der Waals surface area contributed by atoms with Crippen LogP contribution in [0.5, 0.6) is 0 Å². The summed E-state index contributed by atoms with van der Waals surface area (Å²) >= 11 is 0. The van der Waals surface area contributed by atoms with Gasteiger partial charge < -0.3 is 4.90 Å². The molecule has 7 heteroatoms. The maximum atomic E-state index is 12.4. The molecule has 1 fully saturated rings. The molecule has 0 aliphatic carbocycles. The van der Waals surface area contributed by atoms with Crippen molar-refractivity contribution in [1.82, 2.24) is 24.2 Å². The summed E-state index contributed by atoms with van der Waals surface area (Å²) in [5.41, 5.74) is 2.24. The van der Waals surface area contributed by atoms with Crippen LogP contribution in [0.15, 0.2) is 65.9 Å². The largest absolute Gasteiger partial charge is 0.337 e. The lowest BCUT2D eigenvalue weighted by Crippen LogP contribution is -2.48. The summed E-state index contributed by atoms with van der Waals surface area (Å²) in [5.74, 6) is 0.00516. The standard InChI is InChI=1S/C21H21N5O2/c27-20(7-6-17-4-3-8-22-15-17)25-12-10-24(11-13-25)16-18-14-21(28)26-9-2-1-5-19(26)23-18/h1-9,14-15H,10-13,16H2/b7-6+. The molecule has 7 nitrogen and oxygen atoms in total. The zero-order valence-corrected chi connectivity index (χ0v) is 15.4. The zero-order valence-electron chi connectivity index (χ0n) is 15.4. The minimum Gasteiger partial charge on any atom is -0.337 e. The summed E-state index contributed by atoms with van der Waals surface area (Å²) in [4.78, 5) is 37.2. The van der Waals surface area contributed by atoms with Crippen LogP contribution in [0, 0.1) is 0 Å². The Hall–Kier alpha value is -3.32. The van der Waals surface area contributed by atoms with E-state index in [0.29, 0.717) is 25.3 Å². The molecule has 0 aromatic carbocycles. The third-order valence-electron chi connectivity index (χ3n) is 4.80. The lowest BCUT2D eigenvalue weighted by molar-refractivity contribution is -0.127. The third kappa shape index (κ3) is 4.15. The highest BCUT2D eigenvalue weighted by Crippen LogP contribution is 2.08. The fourth-order valence-electron chi connectivity index (χ4n) is 3.29. The maximum Gasteiger partial charge on any atom is 0.258 e. The average molecular weight is 375 g/mol. The normalized spacial score (nSPS) is 15.4. The highest BCUT2D eigenvalue weighted by atomic mass is 16.2. The van der Waals surface area contributed by atoms with Crippen LogP contribution in [0.3, 0.4) is 0 Å². The fraction of sp³-hybridized carbons (Fsp3) is 0.238. The van der Waals surface area contributed by atoms with Crippen molar-refractivity contribution in [3.8, 4) is 0 Å². The SMILES string of the molecule is O=C(/C=C/c1cccnc1)N1CCN(Cc2cc(=O)n3ccccc3n2)CC1. The fourth-order valence-corrected chi connectivity index (χ4v) is 3.29. The number of piperazine rings is 1. The number of fused-ring (bicyclic) bond motifs is 1. The van der Waals surface area contributed by atoms with Crippen LogP contribution >= 0.6 is 0 Å². The van der Waals surface area contributed by atoms with Crippen LogP contribution in [-0.4, -0.2) is 56.3 Å². The number of rotatable bonds is 4. The maximum absolute atomic E-state index is 12.4. The van der Waals surface area contributed by atoms with Crippen LogP contribution in [0.4, 0.5) is 0 Å². The number of hydrogen-bond acceptors (Lipinski definition) is 5. The molecule has 4 rings (SSSR count). The van der Waals surface area contributed by atoms with Crippen LogP contribution in [0.2, 0.25) is 0 Å². The molecule has 3 aromatic heterocycles. The van der Waals surface area contributed by atoms with E-state index in [-0.39, 0.29) is 11.5 Å². The second kappa shape index (κ2) is 8.14. The highest BCUT2D eigenvalue weighted by Gasteiger charge is 2.20. The first-order chi connectivity index (χ1) is 13.7. The quantitative estimate of drug-likeness (QED) is 0.646. The third-order valence-corrected chi connectivity index (χ3v) is 4.80. The zero-order chi connectivity index (χ0) is 19.3. The predicted octanol–water partition coefficient (Wildman–Crippen LogP) is 1.45. The highest BCUT2D eigenvalue weighted by molar-refractivity contribution is 5.91. The van der Waals surface area contributed by atoms with Gasteiger partial charge in [0.05, 0.1) is 5.69 Å². The van der Waals surface area contributed by atoms with Crippen molar-refractivity contribution in [2.24, 2.45) is 0 Å². The van der Waals surface area contributed by atoms with E-state index in [2.05, 4.69) is 14.9 Å². The van der Waals surface area contributed by atoms with Gasteiger partial charge in [-0.05, 0) is 29.8 Å². The van der Waals surface area contributed by atoms with Gasteiger partial charge in [-0.25, -0.2) is 4.98 Å². The van der Waals surface area contributed by atoms with E-state index in [1.807, 2.05) is 35.2 Å². The summed E-state index contributed by atoms with van der Waals surface area (Å²) in [6.45, 7) is 3.42. The summed E-state index contributed by atoms with van der Waals surface area (Å²) in [5, 5.41) is 0. The molecule has 0 unspecified atom stereocenters. The lowest BCUT2D eigenvalue weighted by Gasteiger charge is -2.34. The molecule has 0 spiro atoms. The monoisotopic (exact) mass is 375 g/mol. The number of amides is 1. The number of carbonyl (C=O) groups excluding carboxylic acids is 1. The van der Waals surface area contributed by atoms with E-state index >= 15 is 0 Å². The van der Waals surface area contributed by atoms with Crippen molar-refractivity contribution in [2.45, 2.75) is 6.54 Å². The summed E-state index contributed by atoms with van der Waals surface area (Å²) < 4.78 is 1.54. The Balaban J connectivity index is 1.35. The number of nitrogens with zero attached hydrogens (tertiary/aromatic N) is 5. The molecule has 1 saturated heterocycles. The molecule has 0 radical (unpaired) electrons. The van der Waals surface area contributed by atoms with Crippen LogP contribution in [-0.2, 0) is 11.3 Å².